The Labute approximate surface area is 136 Å². The van der Waals surface area contributed by atoms with Crippen LogP contribution in [0, 0.1) is 0 Å². The van der Waals surface area contributed by atoms with Gasteiger partial charge in [0.05, 0.1) is 9.04 Å². The fourth-order valence-electron chi connectivity index (χ4n) is 1.43. The van der Waals surface area contributed by atoms with Crippen LogP contribution in [0.4, 0.5) is 0 Å². The second kappa shape index (κ2) is 5.44. The molecule has 0 atom stereocenters. The monoisotopic (exact) mass is 293 g/mol. The molecule has 0 saturated carbocycles. The number of carbonyl (C=O) groups is 1. The highest BCUT2D eigenvalue weighted by atomic mass is 16.2. The van der Waals surface area contributed by atoms with Gasteiger partial charge in [0.15, 0.2) is 11.2 Å². The molecule has 0 spiro atoms. The third-order valence-corrected chi connectivity index (χ3v) is 2.30. The number of aromatic nitrogens is 4. The lowest BCUT2D eigenvalue weighted by atomic mass is 10.2. The molecule has 2 rings (SSSR count). The lowest BCUT2D eigenvalue weighted by Gasteiger charge is -2.08. The van der Waals surface area contributed by atoms with Gasteiger partial charge in [-0.05, 0) is 19.6 Å². The number of aryl methyl sites for hydroxylation is 2. The van der Waals surface area contributed by atoms with E-state index in [1.54, 1.807) is 0 Å². The van der Waals surface area contributed by atoms with Gasteiger partial charge >= 0.3 is 5.69 Å². The maximum Gasteiger partial charge on any atom is 0.332 e. The van der Waals surface area contributed by atoms with E-state index < -0.39 is 78.5 Å². The van der Waals surface area contributed by atoms with Crippen LogP contribution < -0.4 is 11.2 Å². The summed E-state index contributed by atoms with van der Waals surface area (Å²) in [5.74, 6) is -2.40. The molecule has 0 saturated heterocycles. The van der Waals surface area contributed by atoms with Crippen molar-refractivity contribution in [2.75, 3.05) is 0 Å². The van der Waals surface area contributed by atoms with Crippen LogP contribution >= 0.6 is 0 Å². The Bertz CT molecular complexity index is 1310. The number of Topliss-reactive ketones (excluding diaryl/α,β-unsaturated/α-hetero) is 1. The highest BCUT2D eigenvalue weighted by Crippen LogP contribution is 2.04. The number of rotatable bonds is 5. The van der Waals surface area contributed by atoms with Gasteiger partial charge in [0, 0.05) is 43.3 Å². The number of imidazole rings is 1. The molecular weight excluding hydrogens is 260 g/mol. The minimum Gasteiger partial charge on any atom is -0.328 e. The van der Waals surface area contributed by atoms with Crippen LogP contribution in [0.2, 0.25) is 0 Å². The van der Waals surface area contributed by atoms with E-state index in [0.717, 1.165) is 7.05 Å². The first kappa shape index (κ1) is 4.41. The summed E-state index contributed by atoms with van der Waals surface area (Å²) in [5, 5.41) is 0. The van der Waals surface area contributed by atoms with E-state index in [1.807, 2.05) is 0 Å². The van der Waals surface area contributed by atoms with Crippen LogP contribution in [0.25, 0.3) is 11.2 Å². The van der Waals surface area contributed by atoms with Gasteiger partial charge < -0.3 is 9.36 Å². The number of hydrogen-bond acceptors (Lipinski definition) is 4. The molecule has 0 aliphatic rings. The van der Waals surface area contributed by atoms with E-state index in [-0.39, 0.29) is 4.57 Å². The first-order valence-electron chi connectivity index (χ1n) is 12.5. The fraction of sp³-hybridized carbons (Fsp3) is 0.538. The topological polar surface area (TPSA) is 78.9 Å². The zero-order valence-electron chi connectivity index (χ0n) is 25.0. The Morgan fingerprint density at radius 2 is 2.30 bits per heavy atom. The second-order valence-electron chi connectivity index (χ2n) is 3.52. The van der Waals surface area contributed by atoms with Crippen molar-refractivity contribution in [2.45, 2.75) is 32.5 Å². The van der Waals surface area contributed by atoms with E-state index in [2.05, 4.69) is 4.98 Å². The van der Waals surface area contributed by atoms with Crippen molar-refractivity contribution in [3.05, 3.63) is 27.1 Å². The zero-order chi connectivity index (χ0) is 27.9. The van der Waals surface area contributed by atoms with Gasteiger partial charge in [0.1, 0.15) is 7.15 Å². The zero-order valence-corrected chi connectivity index (χ0v) is 10.0. The van der Waals surface area contributed by atoms with Gasteiger partial charge in [-0.3, -0.25) is 13.9 Å². The second-order valence-corrected chi connectivity index (χ2v) is 3.52. The normalized spacial score (nSPS) is 26.4. The molecule has 0 amide bonds. The highest BCUT2D eigenvalue weighted by molar-refractivity contribution is 5.75. The molecule has 0 N–H and O–H groups in total. The third-order valence-electron chi connectivity index (χ3n) is 2.30. The predicted molar refractivity (Wildman–Crippen MR) is 74.7 cm³/mol. The summed E-state index contributed by atoms with van der Waals surface area (Å²) >= 11 is 0. The summed E-state index contributed by atoms with van der Waals surface area (Å²) in [5.41, 5.74) is -5.27. The van der Waals surface area contributed by atoms with Crippen LogP contribution in [-0.4, -0.2) is 24.5 Å². The molecule has 0 radical (unpaired) electrons. The van der Waals surface area contributed by atoms with Gasteiger partial charge in [-0.15, -0.1) is 0 Å². The average molecular weight is 293 g/mol. The van der Waals surface area contributed by atoms with Crippen LogP contribution in [0.15, 0.2) is 15.9 Å². The van der Waals surface area contributed by atoms with Gasteiger partial charge in [-0.25, -0.2) is 9.78 Å². The summed E-state index contributed by atoms with van der Waals surface area (Å²) in [6.07, 6.45) is -13.8. The highest BCUT2D eigenvalue weighted by Gasteiger charge is 2.14. The molecule has 7 heteroatoms. The maximum absolute atomic E-state index is 13.1. The molecule has 2 heterocycles. The van der Waals surface area contributed by atoms with Crippen molar-refractivity contribution in [3.8, 4) is 0 Å². The van der Waals surface area contributed by atoms with Crippen molar-refractivity contribution in [1.29, 1.82) is 0 Å². The van der Waals surface area contributed by atoms with Crippen LogP contribution in [0.1, 0.15) is 46.5 Å². The molecular formula is C13H18N4O3. The van der Waals surface area contributed by atoms with Gasteiger partial charge in [-0.2, -0.15) is 0 Å². The molecule has 2 aromatic rings. The molecule has 0 unspecified atom stereocenters. The van der Waals surface area contributed by atoms with Crippen LogP contribution in [-0.2, 0) is 25.3 Å². The average Bonchev–Trinajstić information content (AvgIpc) is 3.02. The number of fused-ring (bicyclic) bond motifs is 1. The molecule has 0 aliphatic heterocycles. The van der Waals surface area contributed by atoms with Crippen LogP contribution in [0.5, 0.6) is 0 Å². The Morgan fingerprint density at radius 1 is 1.50 bits per heavy atom. The molecule has 108 valence electrons. The fourth-order valence-corrected chi connectivity index (χ4v) is 1.43. The summed E-state index contributed by atoms with van der Waals surface area (Å²) in [4.78, 5) is 41.5. The third kappa shape index (κ3) is 2.43. The van der Waals surface area contributed by atoms with Crippen molar-refractivity contribution in [1.82, 2.24) is 18.7 Å². The molecule has 7 nitrogen and oxygen atoms in total. The number of nitrogens with zero attached hydrogens (tertiary/aromatic N) is 4. The molecule has 20 heavy (non-hydrogen) atoms. The summed E-state index contributed by atoms with van der Waals surface area (Å²) in [7, 11) is 0.870. The minimum absolute atomic E-state index is 0.0539. The number of carbonyl (C=O) groups excluding carboxylic acids is 1. The van der Waals surface area contributed by atoms with E-state index in [4.69, 9.17) is 20.6 Å². The Morgan fingerprint density at radius 3 is 3.00 bits per heavy atom. The molecule has 0 bridgehead atoms. The number of hydrogen-bond donors (Lipinski definition) is 0. The SMILES string of the molecule is [2H]c1nc2c(c(=O)n(C([2H])([2H])C([2H])([2H])C([2H])([2H])C([2H])([2H])C(=O)C([2H])([2H])[2H])c(=O)n2C)n1C([2H])([2H])[2H]. The van der Waals surface area contributed by atoms with Crippen molar-refractivity contribution < 1.29 is 25.4 Å². The standard InChI is InChI=1S/C13H18N4O3/c1-9(18)6-4-5-7-17-12(19)10-11(14-8-15(10)2)16(3)13(17)20/h8H,4-7H2,1-3H3/i1D3,2D3,4D2,5D2,6D2,7D2,8D. The van der Waals surface area contributed by atoms with Crippen molar-refractivity contribution >= 4 is 16.9 Å². The predicted octanol–water partition coefficient (Wildman–Crippen LogP) is 0.193. The quantitative estimate of drug-likeness (QED) is 0.788. The lowest BCUT2D eigenvalue weighted by Crippen LogP contribution is -2.39. The Hall–Kier alpha value is -2.18. The molecule has 2 aromatic heterocycles. The Balaban J connectivity index is 2.98. The molecule has 0 aliphatic carbocycles. The van der Waals surface area contributed by atoms with E-state index in [1.165, 1.54) is 0 Å². The smallest absolute Gasteiger partial charge is 0.328 e. The van der Waals surface area contributed by atoms with E-state index in [0.29, 0.717) is 4.57 Å². The molecule has 0 fully saturated rings. The summed E-state index contributed by atoms with van der Waals surface area (Å²) in [6, 6.07) is 0. The molecule has 0 aromatic carbocycles. The van der Waals surface area contributed by atoms with Crippen molar-refractivity contribution in [2.24, 2.45) is 14.0 Å². The first-order chi connectivity index (χ1) is 15.3. The first-order valence-corrected chi connectivity index (χ1v) is 5.05. The van der Waals surface area contributed by atoms with E-state index >= 15 is 0 Å². The lowest BCUT2D eigenvalue weighted by molar-refractivity contribution is -0.117. The largest absolute Gasteiger partial charge is 0.332 e. The summed E-state index contributed by atoms with van der Waals surface area (Å²) in [6.45, 7) is -11.2. The number of ketones is 1. The maximum atomic E-state index is 13.1. The van der Waals surface area contributed by atoms with Crippen LogP contribution in [0.3, 0.4) is 0 Å². The van der Waals surface area contributed by atoms with Gasteiger partial charge in [0.25, 0.3) is 5.56 Å². The minimum atomic E-state index is -4.31. The van der Waals surface area contributed by atoms with Crippen molar-refractivity contribution in [3.63, 3.8) is 0 Å². The Kier molecular flexibility index (Phi) is 1.20. The van der Waals surface area contributed by atoms with Gasteiger partial charge in [-0.1, -0.05) is 0 Å². The van der Waals surface area contributed by atoms with E-state index in [9.17, 15) is 14.4 Å². The van der Waals surface area contributed by atoms with Gasteiger partial charge in [0.2, 0.25) is 0 Å². The summed E-state index contributed by atoms with van der Waals surface area (Å²) < 4.78 is 115.